The SMILES string of the molecule is Cc1ccc(S(=O)(=O)N2CCN(CC(=O)c3cc(C)n(C4CCCC4)c3C)CC2)s1. The van der Waals surface area contributed by atoms with Crippen molar-refractivity contribution in [3.05, 3.63) is 40.0 Å². The van der Waals surface area contributed by atoms with Crippen LogP contribution in [0.2, 0.25) is 0 Å². The highest BCUT2D eigenvalue weighted by atomic mass is 32.2. The smallest absolute Gasteiger partial charge is 0.252 e. The molecule has 1 aliphatic carbocycles. The summed E-state index contributed by atoms with van der Waals surface area (Å²) in [6, 6.07) is 6.09. The van der Waals surface area contributed by atoms with E-state index in [1.165, 1.54) is 42.7 Å². The number of ketones is 1. The van der Waals surface area contributed by atoms with E-state index in [4.69, 9.17) is 0 Å². The van der Waals surface area contributed by atoms with Gasteiger partial charge in [0.05, 0.1) is 6.54 Å². The van der Waals surface area contributed by atoms with E-state index < -0.39 is 10.0 Å². The number of hydrogen-bond donors (Lipinski definition) is 0. The molecule has 30 heavy (non-hydrogen) atoms. The van der Waals surface area contributed by atoms with E-state index >= 15 is 0 Å². The highest BCUT2D eigenvalue weighted by Gasteiger charge is 2.31. The van der Waals surface area contributed by atoms with Crippen molar-refractivity contribution < 1.29 is 13.2 Å². The van der Waals surface area contributed by atoms with Crippen LogP contribution >= 0.6 is 11.3 Å². The minimum Gasteiger partial charge on any atom is -0.345 e. The van der Waals surface area contributed by atoms with Crippen molar-refractivity contribution in [2.24, 2.45) is 0 Å². The van der Waals surface area contributed by atoms with Crippen molar-refractivity contribution in [3.8, 4) is 0 Å². The van der Waals surface area contributed by atoms with Crippen molar-refractivity contribution in [2.45, 2.75) is 56.7 Å². The Morgan fingerprint density at radius 1 is 1.07 bits per heavy atom. The lowest BCUT2D eigenvalue weighted by Crippen LogP contribution is -2.49. The molecule has 2 aliphatic rings. The first-order chi connectivity index (χ1) is 14.3. The van der Waals surface area contributed by atoms with E-state index in [2.05, 4.69) is 23.3 Å². The van der Waals surface area contributed by atoms with Gasteiger partial charge in [0.2, 0.25) is 0 Å². The number of piperazine rings is 1. The molecule has 1 saturated carbocycles. The van der Waals surface area contributed by atoms with Gasteiger partial charge in [0.1, 0.15) is 4.21 Å². The summed E-state index contributed by atoms with van der Waals surface area (Å²) in [5.41, 5.74) is 3.08. The van der Waals surface area contributed by atoms with E-state index in [-0.39, 0.29) is 5.78 Å². The highest BCUT2D eigenvalue weighted by Crippen LogP contribution is 2.33. The lowest BCUT2D eigenvalue weighted by atomic mass is 10.1. The third-order valence-electron chi connectivity index (χ3n) is 6.48. The van der Waals surface area contributed by atoms with Gasteiger partial charge in [-0.25, -0.2) is 8.42 Å². The summed E-state index contributed by atoms with van der Waals surface area (Å²) in [5.74, 6) is 0.137. The molecular weight excluding hydrogens is 418 g/mol. The average Bonchev–Trinajstić information content (AvgIpc) is 3.43. The molecule has 0 bridgehead atoms. The van der Waals surface area contributed by atoms with Crippen LogP contribution < -0.4 is 0 Å². The largest absolute Gasteiger partial charge is 0.345 e. The molecule has 2 aromatic rings. The summed E-state index contributed by atoms with van der Waals surface area (Å²) in [6.45, 7) is 8.43. The summed E-state index contributed by atoms with van der Waals surface area (Å²) in [7, 11) is -3.43. The zero-order valence-electron chi connectivity index (χ0n) is 18.1. The number of rotatable bonds is 6. The number of sulfonamides is 1. The van der Waals surface area contributed by atoms with Gasteiger partial charge in [-0.3, -0.25) is 9.69 Å². The number of carbonyl (C=O) groups is 1. The second kappa shape index (κ2) is 8.57. The molecule has 1 saturated heterocycles. The van der Waals surface area contributed by atoms with Crippen molar-refractivity contribution in [3.63, 3.8) is 0 Å². The molecule has 0 spiro atoms. The molecule has 3 heterocycles. The normalized spacial score (nSPS) is 19.6. The van der Waals surface area contributed by atoms with Gasteiger partial charge in [-0.2, -0.15) is 4.31 Å². The van der Waals surface area contributed by atoms with Gasteiger partial charge in [-0.15, -0.1) is 11.3 Å². The van der Waals surface area contributed by atoms with Crippen molar-refractivity contribution in [1.29, 1.82) is 0 Å². The summed E-state index contributed by atoms with van der Waals surface area (Å²) in [6.07, 6.45) is 4.93. The van der Waals surface area contributed by atoms with Crippen LogP contribution in [-0.2, 0) is 10.0 Å². The minimum atomic E-state index is -3.43. The topological polar surface area (TPSA) is 62.6 Å². The van der Waals surface area contributed by atoms with E-state index in [0.717, 1.165) is 16.1 Å². The molecule has 0 radical (unpaired) electrons. The van der Waals surface area contributed by atoms with Crippen molar-refractivity contribution in [2.75, 3.05) is 32.7 Å². The fourth-order valence-corrected chi connectivity index (χ4v) is 7.74. The maximum absolute atomic E-state index is 13.0. The number of aromatic nitrogens is 1. The van der Waals surface area contributed by atoms with Crippen LogP contribution in [0.5, 0.6) is 0 Å². The Bertz CT molecular complexity index is 1020. The highest BCUT2D eigenvalue weighted by molar-refractivity contribution is 7.91. The van der Waals surface area contributed by atoms with Gasteiger partial charge in [0, 0.05) is 54.0 Å². The second-order valence-corrected chi connectivity index (χ2v) is 12.0. The molecule has 0 atom stereocenters. The first-order valence-corrected chi connectivity index (χ1v) is 13.0. The Labute approximate surface area is 183 Å². The summed E-state index contributed by atoms with van der Waals surface area (Å²) < 4.78 is 29.9. The monoisotopic (exact) mass is 449 g/mol. The summed E-state index contributed by atoms with van der Waals surface area (Å²) in [5, 5.41) is 0. The number of thiophene rings is 1. The number of hydrogen-bond acceptors (Lipinski definition) is 5. The molecule has 0 N–H and O–H groups in total. The Hall–Kier alpha value is -1.48. The summed E-state index contributed by atoms with van der Waals surface area (Å²) in [4.78, 5) is 16.1. The average molecular weight is 450 g/mol. The quantitative estimate of drug-likeness (QED) is 0.630. The first kappa shape index (κ1) is 21.7. The Balaban J connectivity index is 1.39. The standard InChI is InChI=1S/C22H31N3O3S2/c1-16-14-20(18(3)25(16)19-6-4-5-7-19)21(26)15-23-10-12-24(13-11-23)30(27,28)22-9-8-17(2)29-22/h8-9,14,19H,4-7,10-13,15H2,1-3H3. The van der Waals surface area contributed by atoms with Crippen LogP contribution in [0.4, 0.5) is 0 Å². The van der Waals surface area contributed by atoms with Crippen LogP contribution in [0.3, 0.4) is 0 Å². The lowest BCUT2D eigenvalue weighted by Gasteiger charge is -2.33. The fraction of sp³-hybridized carbons (Fsp3) is 0.591. The van der Waals surface area contributed by atoms with Gasteiger partial charge in [-0.1, -0.05) is 12.8 Å². The first-order valence-electron chi connectivity index (χ1n) is 10.8. The molecule has 0 amide bonds. The zero-order chi connectivity index (χ0) is 21.5. The predicted molar refractivity (Wildman–Crippen MR) is 120 cm³/mol. The number of nitrogens with zero attached hydrogens (tertiary/aromatic N) is 3. The van der Waals surface area contributed by atoms with Gasteiger partial charge in [-0.05, 0) is 51.8 Å². The predicted octanol–water partition coefficient (Wildman–Crippen LogP) is 3.78. The summed E-state index contributed by atoms with van der Waals surface area (Å²) >= 11 is 1.31. The fourth-order valence-electron chi connectivity index (χ4n) is 4.88. The van der Waals surface area contributed by atoms with E-state index in [1.807, 2.05) is 19.1 Å². The number of Topliss-reactive ketones (excluding diaryl/α,β-unsaturated/α-hetero) is 1. The molecular formula is C22H31N3O3S2. The molecule has 0 aromatic carbocycles. The van der Waals surface area contributed by atoms with Gasteiger partial charge < -0.3 is 4.57 Å². The van der Waals surface area contributed by atoms with Gasteiger partial charge in [0.25, 0.3) is 10.0 Å². The molecule has 1 aliphatic heterocycles. The van der Waals surface area contributed by atoms with Crippen LogP contribution in [0.1, 0.15) is 58.3 Å². The third kappa shape index (κ3) is 4.15. The number of carbonyl (C=O) groups excluding carboxylic acids is 1. The Kier molecular flexibility index (Phi) is 6.21. The van der Waals surface area contributed by atoms with Gasteiger partial charge in [0.15, 0.2) is 5.78 Å². The van der Waals surface area contributed by atoms with Gasteiger partial charge >= 0.3 is 0 Å². The second-order valence-electron chi connectivity index (χ2n) is 8.56. The molecule has 164 valence electrons. The van der Waals surface area contributed by atoms with Crippen LogP contribution in [0, 0.1) is 20.8 Å². The van der Waals surface area contributed by atoms with Crippen molar-refractivity contribution in [1.82, 2.24) is 13.8 Å². The molecule has 2 fully saturated rings. The molecule has 0 unspecified atom stereocenters. The molecule has 8 heteroatoms. The molecule has 4 rings (SSSR count). The minimum absolute atomic E-state index is 0.137. The van der Waals surface area contributed by atoms with Crippen LogP contribution in [0.25, 0.3) is 0 Å². The zero-order valence-corrected chi connectivity index (χ0v) is 19.7. The Morgan fingerprint density at radius 2 is 1.73 bits per heavy atom. The molecule has 6 nitrogen and oxygen atoms in total. The lowest BCUT2D eigenvalue weighted by molar-refractivity contribution is 0.0901. The maximum atomic E-state index is 13.0. The van der Waals surface area contributed by atoms with Crippen molar-refractivity contribution >= 4 is 27.1 Å². The maximum Gasteiger partial charge on any atom is 0.252 e. The van der Waals surface area contributed by atoms with E-state index in [0.29, 0.717) is 43.0 Å². The van der Waals surface area contributed by atoms with E-state index in [1.54, 1.807) is 10.4 Å². The van der Waals surface area contributed by atoms with Crippen LogP contribution in [0.15, 0.2) is 22.4 Å². The van der Waals surface area contributed by atoms with E-state index in [9.17, 15) is 13.2 Å². The third-order valence-corrected chi connectivity index (χ3v) is 9.85. The Morgan fingerprint density at radius 3 is 2.33 bits per heavy atom. The van der Waals surface area contributed by atoms with Crippen LogP contribution in [-0.4, -0.2) is 60.7 Å². The molecule has 2 aromatic heterocycles. The number of aryl methyl sites for hydroxylation is 2.